The fourth-order valence-electron chi connectivity index (χ4n) is 2.87. The maximum atomic E-state index is 13.0. The predicted octanol–water partition coefficient (Wildman–Crippen LogP) is 1.99. The Hall–Kier alpha value is -2.32. The van der Waals surface area contributed by atoms with Gasteiger partial charge in [-0.15, -0.1) is 0 Å². The first-order valence-electron chi connectivity index (χ1n) is 7.24. The van der Waals surface area contributed by atoms with Gasteiger partial charge in [0, 0.05) is 24.7 Å². The SMILES string of the molecule is Cc1cc2c(N3CCC(C(N)=O)CC3)nc(C(F)(F)F)nc2[nH]1. The molecule has 1 amide bonds. The van der Waals surface area contributed by atoms with E-state index in [1.165, 1.54) is 0 Å². The van der Waals surface area contributed by atoms with Crippen LogP contribution in [-0.4, -0.2) is 33.9 Å². The Morgan fingerprint density at radius 2 is 2.00 bits per heavy atom. The second-order valence-corrected chi connectivity index (χ2v) is 5.75. The number of carbonyl (C=O) groups is 1. The Balaban J connectivity index is 2.01. The average molecular weight is 327 g/mol. The first kappa shape index (κ1) is 15.6. The van der Waals surface area contributed by atoms with Gasteiger partial charge in [-0.2, -0.15) is 13.2 Å². The van der Waals surface area contributed by atoms with Crippen molar-refractivity contribution in [3.8, 4) is 0 Å². The molecular formula is C14H16F3N5O. The highest BCUT2D eigenvalue weighted by Crippen LogP contribution is 2.33. The van der Waals surface area contributed by atoms with Gasteiger partial charge in [0.1, 0.15) is 11.5 Å². The van der Waals surface area contributed by atoms with Crippen LogP contribution in [0.5, 0.6) is 0 Å². The van der Waals surface area contributed by atoms with E-state index in [0.717, 1.165) is 0 Å². The fourth-order valence-corrected chi connectivity index (χ4v) is 2.87. The van der Waals surface area contributed by atoms with Crippen LogP contribution in [0.15, 0.2) is 6.07 Å². The number of halogens is 3. The third-order valence-electron chi connectivity index (χ3n) is 4.05. The Bertz CT molecular complexity index is 747. The van der Waals surface area contributed by atoms with E-state index in [1.807, 2.05) is 0 Å². The van der Waals surface area contributed by atoms with Crippen molar-refractivity contribution >= 4 is 22.8 Å². The molecule has 3 N–H and O–H groups in total. The lowest BCUT2D eigenvalue weighted by Gasteiger charge is -2.32. The molecule has 1 fully saturated rings. The van der Waals surface area contributed by atoms with Crippen LogP contribution in [0.25, 0.3) is 11.0 Å². The first-order chi connectivity index (χ1) is 10.8. The normalized spacial score (nSPS) is 17.0. The summed E-state index contributed by atoms with van der Waals surface area (Å²) in [5.74, 6) is -1.53. The van der Waals surface area contributed by atoms with Crippen molar-refractivity contribution in [1.82, 2.24) is 15.0 Å². The second kappa shape index (κ2) is 5.39. The predicted molar refractivity (Wildman–Crippen MR) is 77.8 cm³/mol. The minimum Gasteiger partial charge on any atom is -0.369 e. The van der Waals surface area contributed by atoms with Crippen LogP contribution in [0, 0.1) is 12.8 Å². The Morgan fingerprint density at radius 3 is 2.57 bits per heavy atom. The second-order valence-electron chi connectivity index (χ2n) is 5.75. The molecule has 2 aromatic heterocycles. The number of aromatic amines is 1. The Kier molecular flexibility index (Phi) is 3.65. The zero-order valence-corrected chi connectivity index (χ0v) is 12.4. The van der Waals surface area contributed by atoms with Crippen LogP contribution < -0.4 is 10.6 Å². The summed E-state index contributed by atoms with van der Waals surface area (Å²) in [7, 11) is 0. The van der Waals surface area contributed by atoms with E-state index < -0.39 is 12.0 Å². The lowest BCUT2D eigenvalue weighted by molar-refractivity contribution is -0.144. The minimum atomic E-state index is -4.62. The number of alkyl halides is 3. The van der Waals surface area contributed by atoms with Crippen molar-refractivity contribution in [3.63, 3.8) is 0 Å². The van der Waals surface area contributed by atoms with Crippen molar-refractivity contribution in [2.45, 2.75) is 25.9 Å². The maximum absolute atomic E-state index is 13.0. The molecule has 0 spiro atoms. The highest BCUT2D eigenvalue weighted by atomic mass is 19.4. The Labute approximate surface area is 129 Å². The molecule has 0 bridgehead atoms. The van der Waals surface area contributed by atoms with Crippen LogP contribution >= 0.6 is 0 Å². The van der Waals surface area contributed by atoms with Gasteiger partial charge < -0.3 is 15.6 Å². The number of fused-ring (bicyclic) bond motifs is 1. The quantitative estimate of drug-likeness (QED) is 0.883. The van der Waals surface area contributed by atoms with Crippen molar-refractivity contribution < 1.29 is 18.0 Å². The summed E-state index contributed by atoms with van der Waals surface area (Å²) in [6.45, 7) is 2.61. The van der Waals surface area contributed by atoms with E-state index in [9.17, 15) is 18.0 Å². The number of primary amides is 1. The number of amides is 1. The summed E-state index contributed by atoms with van der Waals surface area (Å²) in [4.78, 5) is 23.1. The molecule has 124 valence electrons. The van der Waals surface area contributed by atoms with E-state index in [-0.39, 0.29) is 23.3 Å². The van der Waals surface area contributed by atoms with Crippen LogP contribution in [0.3, 0.4) is 0 Å². The van der Waals surface area contributed by atoms with Gasteiger partial charge in [-0.1, -0.05) is 0 Å². The lowest BCUT2D eigenvalue weighted by Crippen LogP contribution is -2.39. The topological polar surface area (TPSA) is 87.9 Å². The number of H-pyrrole nitrogens is 1. The fraction of sp³-hybridized carbons (Fsp3) is 0.500. The zero-order chi connectivity index (χ0) is 16.8. The summed E-state index contributed by atoms with van der Waals surface area (Å²) in [5, 5.41) is 0.549. The average Bonchev–Trinajstić information content (AvgIpc) is 2.85. The number of aromatic nitrogens is 3. The summed E-state index contributed by atoms with van der Waals surface area (Å²) < 4.78 is 39.1. The smallest absolute Gasteiger partial charge is 0.369 e. The van der Waals surface area contributed by atoms with Crippen molar-refractivity contribution in [2.24, 2.45) is 11.7 Å². The number of nitrogens with zero attached hydrogens (tertiary/aromatic N) is 3. The molecule has 2 aromatic rings. The molecule has 0 saturated carbocycles. The van der Waals surface area contributed by atoms with Gasteiger partial charge in [-0.05, 0) is 25.8 Å². The summed E-state index contributed by atoms with van der Waals surface area (Å²) in [6, 6.07) is 1.73. The van der Waals surface area contributed by atoms with Crippen LogP contribution in [0.2, 0.25) is 0 Å². The van der Waals surface area contributed by atoms with Gasteiger partial charge in [0.05, 0.1) is 5.39 Å². The summed E-state index contributed by atoms with van der Waals surface area (Å²) >= 11 is 0. The number of rotatable bonds is 2. The van der Waals surface area contributed by atoms with Crippen molar-refractivity contribution in [2.75, 3.05) is 18.0 Å². The van der Waals surface area contributed by atoms with E-state index in [4.69, 9.17) is 5.73 Å². The standard InChI is InChI=1S/C14H16F3N5O/c1-7-6-9-11(19-7)20-13(14(15,16)17)21-12(9)22-4-2-8(3-5-22)10(18)23/h6,8H,2-5H2,1H3,(H2,18,23)(H,19,20,21). The van der Waals surface area contributed by atoms with E-state index >= 15 is 0 Å². The Morgan fingerprint density at radius 1 is 1.35 bits per heavy atom. The number of anilines is 1. The van der Waals surface area contributed by atoms with Gasteiger partial charge in [-0.3, -0.25) is 4.79 Å². The van der Waals surface area contributed by atoms with Crippen LogP contribution in [0.1, 0.15) is 24.4 Å². The largest absolute Gasteiger partial charge is 0.451 e. The molecule has 1 saturated heterocycles. The molecule has 9 heteroatoms. The number of carbonyl (C=O) groups excluding carboxylic acids is 1. The molecule has 1 aliphatic heterocycles. The number of piperidine rings is 1. The van der Waals surface area contributed by atoms with Crippen molar-refractivity contribution in [1.29, 1.82) is 0 Å². The molecule has 0 aliphatic carbocycles. The number of hydrogen-bond acceptors (Lipinski definition) is 4. The van der Waals surface area contributed by atoms with Crippen LogP contribution in [-0.2, 0) is 11.0 Å². The zero-order valence-electron chi connectivity index (χ0n) is 12.4. The van der Waals surface area contributed by atoms with Gasteiger partial charge >= 0.3 is 6.18 Å². The highest BCUT2D eigenvalue weighted by molar-refractivity contribution is 5.88. The molecule has 0 aromatic carbocycles. The molecule has 3 rings (SSSR count). The first-order valence-corrected chi connectivity index (χ1v) is 7.24. The van der Waals surface area contributed by atoms with Gasteiger partial charge in [-0.25, -0.2) is 9.97 Å². The van der Waals surface area contributed by atoms with Crippen molar-refractivity contribution in [3.05, 3.63) is 17.6 Å². The molecule has 0 radical (unpaired) electrons. The molecule has 23 heavy (non-hydrogen) atoms. The third-order valence-corrected chi connectivity index (χ3v) is 4.05. The third kappa shape index (κ3) is 2.95. The summed E-state index contributed by atoms with van der Waals surface area (Å²) in [5.41, 5.74) is 6.16. The van der Waals surface area contributed by atoms with E-state index in [1.54, 1.807) is 17.9 Å². The molecule has 3 heterocycles. The number of aryl methyl sites for hydroxylation is 1. The molecular weight excluding hydrogens is 311 g/mol. The molecule has 6 nitrogen and oxygen atoms in total. The molecule has 0 unspecified atom stereocenters. The number of nitrogens with two attached hydrogens (primary N) is 1. The number of hydrogen-bond donors (Lipinski definition) is 2. The summed E-state index contributed by atoms with van der Waals surface area (Å²) in [6.07, 6.45) is -3.61. The number of nitrogens with one attached hydrogen (secondary N) is 1. The van der Waals surface area contributed by atoms with E-state index in [2.05, 4.69) is 15.0 Å². The van der Waals surface area contributed by atoms with Gasteiger partial charge in [0.25, 0.3) is 0 Å². The molecule has 1 aliphatic rings. The van der Waals surface area contributed by atoms with Gasteiger partial charge in [0.2, 0.25) is 11.7 Å². The minimum absolute atomic E-state index is 0.164. The monoisotopic (exact) mass is 327 g/mol. The van der Waals surface area contributed by atoms with E-state index in [0.29, 0.717) is 37.0 Å². The lowest BCUT2D eigenvalue weighted by atomic mass is 9.96. The molecule has 0 atom stereocenters. The highest BCUT2D eigenvalue weighted by Gasteiger charge is 2.37. The maximum Gasteiger partial charge on any atom is 0.451 e. The van der Waals surface area contributed by atoms with Gasteiger partial charge in [0.15, 0.2) is 0 Å². The van der Waals surface area contributed by atoms with Crippen LogP contribution in [0.4, 0.5) is 19.0 Å².